The highest BCUT2D eigenvalue weighted by Crippen LogP contribution is 2.74. The molecule has 1 nitrogen and oxygen atoms in total. The van der Waals surface area contributed by atoms with Gasteiger partial charge in [0.2, 0.25) is 0 Å². The molecule has 0 N–H and O–H groups in total. The molecule has 0 amide bonds. The highest BCUT2D eigenvalue weighted by atomic mass is 16.3. The maximum Gasteiger partial charge on any atom is 0.339 e. The quantitative estimate of drug-likeness (QED) is 0.469. The second-order valence-electron chi connectivity index (χ2n) is 11.6. The van der Waals surface area contributed by atoms with Gasteiger partial charge < -0.3 is 0 Å². The van der Waals surface area contributed by atoms with Crippen LogP contribution in [0.25, 0.3) is 11.1 Å². The third-order valence-electron chi connectivity index (χ3n) is 10.4. The summed E-state index contributed by atoms with van der Waals surface area (Å²) < 4.78 is 7.07. The summed E-state index contributed by atoms with van der Waals surface area (Å²) in [7, 11) is 0. The zero-order chi connectivity index (χ0) is 19.7. The highest BCUT2D eigenvalue weighted by molar-refractivity contribution is 5.78. The van der Waals surface area contributed by atoms with E-state index in [0.29, 0.717) is 11.8 Å². The van der Waals surface area contributed by atoms with Gasteiger partial charge in [-0.05, 0) is 67.8 Å². The molecular weight excluding hydrogens is 340 g/mol. The van der Waals surface area contributed by atoms with E-state index in [4.69, 9.17) is 4.42 Å². The van der Waals surface area contributed by atoms with Gasteiger partial charge in [-0.3, -0.25) is 0 Å². The number of hydrogen-bond acceptors (Lipinski definition) is 0. The van der Waals surface area contributed by atoms with E-state index in [0.717, 1.165) is 0 Å². The molecular formula is C27H33O+. The summed E-state index contributed by atoms with van der Waals surface area (Å²) in [6.07, 6.45) is 5.13. The minimum absolute atomic E-state index is 0.161. The molecule has 0 unspecified atom stereocenters. The smallest absolute Gasteiger partial charge is 0.216 e. The fourth-order valence-corrected chi connectivity index (χ4v) is 7.81. The SMILES string of the molecule is CC1(C)[C@@H]2CC[C@@]1(C)c1[o+]c3c(c(-c4ccccc4)c12)[C@H]1CC[C@]3(C)C1(C)C. The van der Waals surface area contributed by atoms with Gasteiger partial charge in [0, 0.05) is 5.56 Å². The Balaban J connectivity index is 1.76. The highest BCUT2D eigenvalue weighted by Gasteiger charge is 2.72. The molecule has 1 aromatic heterocycles. The first kappa shape index (κ1) is 17.2. The molecule has 1 aromatic carbocycles. The fraction of sp³-hybridized carbons (Fsp3) is 0.593. The second kappa shape index (κ2) is 4.74. The normalized spacial score (nSPS) is 37.9. The Morgan fingerprint density at radius 3 is 1.64 bits per heavy atom. The van der Waals surface area contributed by atoms with E-state index in [1.54, 1.807) is 16.7 Å². The van der Waals surface area contributed by atoms with Crippen molar-refractivity contribution in [2.75, 3.05) is 0 Å². The molecule has 2 fully saturated rings. The summed E-state index contributed by atoms with van der Waals surface area (Å²) in [5.41, 5.74) is 6.96. The summed E-state index contributed by atoms with van der Waals surface area (Å²) >= 11 is 0. The first-order valence-corrected chi connectivity index (χ1v) is 11.2. The molecule has 0 saturated heterocycles. The first-order chi connectivity index (χ1) is 13.1. The van der Waals surface area contributed by atoms with E-state index >= 15 is 0 Å². The van der Waals surface area contributed by atoms with Crippen LogP contribution in [0.15, 0.2) is 34.7 Å². The van der Waals surface area contributed by atoms with Crippen molar-refractivity contribution in [2.24, 2.45) is 10.8 Å². The molecule has 0 radical (unpaired) electrons. The first-order valence-electron chi connectivity index (χ1n) is 11.2. The Morgan fingerprint density at radius 2 is 1.18 bits per heavy atom. The van der Waals surface area contributed by atoms with Gasteiger partial charge in [0.25, 0.3) is 0 Å². The Kier molecular flexibility index (Phi) is 2.92. The number of rotatable bonds is 1. The van der Waals surface area contributed by atoms with Crippen LogP contribution in [0, 0.1) is 10.8 Å². The standard InChI is InChI=1S/C27H33O/c1-24(2)17-12-14-26(24,5)22-20(17)19(16-10-8-7-9-11-16)21-18-13-15-27(6,23(21)28-22)25(18,3)4/h7-11,17-18H,12-15H2,1-6H3/q+1/t17-,18-,26+,27+/m1/s1. The van der Waals surface area contributed by atoms with Crippen LogP contribution < -0.4 is 0 Å². The Hall–Kier alpha value is -1.63. The van der Waals surface area contributed by atoms with Gasteiger partial charge in [-0.1, -0.05) is 58.0 Å². The number of hydrogen-bond donors (Lipinski definition) is 0. The van der Waals surface area contributed by atoms with E-state index in [9.17, 15) is 0 Å². The van der Waals surface area contributed by atoms with Crippen LogP contribution in [-0.2, 0) is 10.8 Å². The van der Waals surface area contributed by atoms with Crippen molar-refractivity contribution in [2.45, 2.75) is 89.9 Å². The molecule has 4 atom stereocenters. The van der Waals surface area contributed by atoms with Crippen molar-refractivity contribution in [3.63, 3.8) is 0 Å². The molecule has 2 aromatic rings. The third kappa shape index (κ3) is 1.56. The van der Waals surface area contributed by atoms with Crippen LogP contribution in [0.2, 0.25) is 0 Å². The van der Waals surface area contributed by atoms with Crippen LogP contribution in [-0.4, -0.2) is 0 Å². The van der Waals surface area contributed by atoms with Gasteiger partial charge in [0.1, 0.15) is 0 Å². The van der Waals surface area contributed by atoms with E-state index in [2.05, 4.69) is 71.9 Å². The van der Waals surface area contributed by atoms with Crippen LogP contribution in [0.4, 0.5) is 0 Å². The summed E-state index contributed by atoms with van der Waals surface area (Å²) in [6, 6.07) is 11.2. The molecule has 1 heteroatoms. The van der Waals surface area contributed by atoms with Crippen LogP contribution in [0.5, 0.6) is 0 Å². The lowest BCUT2D eigenvalue weighted by atomic mass is 9.69. The van der Waals surface area contributed by atoms with Crippen molar-refractivity contribution in [1.29, 1.82) is 0 Å². The van der Waals surface area contributed by atoms with Crippen LogP contribution in [0.1, 0.15) is 102 Å². The summed E-state index contributed by atoms with van der Waals surface area (Å²) in [6.45, 7) is 14.9. The van der Waals surface area contributed by atoms with Crippen LogP contribution in [0.3, 0.4) is 0 Å². The molecule has 2 saturated carbocycles. The Bertz CT molecular complexity index is 954. The van der Waals surface area contributed by atoms with Gasteiger partial charge in [-0.15, -0.1) is 0 Å². The summed E-state index contributed by atoms with van der Waals surface area (Å²) in [5, 5.41) is 0. The lowest BCUT2D eigenvalue weighted by Gasteiger charge is -2.31. The van der Waals surface area contributed by atoms with E-state index in [-0.39, 0.29) is 21.7 Å². The third-order valence-corrected chi connectivity index (χ3v) is 10.4. The zero-order valence-corrected chi connectivity index (χ0v) is 18.3. The van der Waals surface area contributed by atoms with Gasteiger partial charge in [-0.25, -0.2) is 4.42 Å². The minimum Gasteiger partial charge on any atom is -0.216 e. The van der Waals surface area contributed by atoms with E-state index in [1.807, 2.05) is 0 Å². The predicted molar refractivity (Wildman–Crippen MR) is 115 cm³/mol. The van der Waals surface area contributed by atoms with Crippen molar-refractivity contribution >= 4 is 0 Å². The van der Waals surface area contributed by atoms with Gasteiger partial charge in [-0.2, -0.15) is 0 Å². The molecule has 1 heterocycles. The lowest BCUT2D eigenvalue weighted by Crippen LogP contribution is -2.33. The summed E-state index contributed by atoms with van der Waals surface area (Å²) in [4.78, 5) is 0. The average Bonchev–Trinajstić information content (AvgIpc) is 3.17. The monoisotopic (exact) mass is 373 g/mol. The maximum absolute atomic E-state index is 7.07. The lowest BCUT2D eigenvalue weighted by molar-refractivity contribution is 0.173. The minimum atomic E-state index is 0.161. The second-order valence-corrected chi connectivity index (χ2v) is 11.6. The molecule has 146 valence electrons. The Morgan fingerprint density at radius 1 is 0.714 bits per heavy atom. The molecule has 4 bridgehead atoms. The van der Waals surface area contributed by atoms with Gasteiger partial charge >= 0.3 is 11.5 Å². The van der Waals surface area contributed by atoms with E-state index in [1.165, 1.54) is 42.8 Å². The number of benzene rings is 1. The van der Waals surface area contributed by atoms with Gasteiger partial charge in [0.05, 0.1) is 22.0 Å². The van der Waals surface area contributed by atoms with E-state index < -0.39 is 0 Å². The topological polar surface area (TPSA) is 11.3 Å². The number of fused-ring (bicyclic) bond motifs is 10. The molecule has 0 spiro atoms. The molecule has 28 heavy (non-hydrogen) atoms. The zero-order valence-electron chi connectivity index (χ0n) is 18.3. The largest absolute Gasteiger partial charge is 0.339 e. The average molecular weight is 374 g/mol. The summed E-state index contributed by atoms with van der Waals surface area (Å²) in [5.74, 6) is 3.89. The van der Waals surface area contributed by atoms with Crippen molar-refractivity contribution < 1.29 is 4.42 Å². The van der Waals surface area contributed by atoms with Crippen molar-refractivity contribution in [3.05, 3.63) is 53.0 Å². The van der Waals surface area contributed by atoms with Crippen molar-refractivity contribution in [3.8, 4) is 11.1 Å². The molecule has 6 rings (SSSR count). The van der Waals surface area contributed by atoms with Crippen molar-refractivity contribution in [1.82, 2.24) is 0 Å². The Labute approximate surface area is 169 Å². The fourth-order valence-electron chi connectivity index (χ4n) is 7.81. The maximum atomic E-state index is 7.07. The van der Waals surface area contributed by atoms with Crippen LogP contribution >= 0.6 is 0 Å². The van der Waals surface area contributed by atoms with Gasteiger partial charge in [0.15, 0.2) is 0 Å². The molecule has 4 aliphatic rings. The molecule has 4 aliphatic carbocycles. The molecule has 0 aliphatic heterocycles. The predicted octanol–water partition coefficient (Wildman–Crippen LogP) is 7.58.